The Hall–Kier alpha value is -1.63. The van der Waals surface area contributed by atoms with Gasteiger partial charge in [-0.3, -0.25) is 0 Å². The molecule has 1 aromatic heterocycles. The van der Waals surface area contributed by atoms with Crippen molar-refractivity contribution >= 4 is 23.7 Å². The van der Waals surface area contributed by atoms with Crippen LogP contribution in [0.1, 0.15) is 42.6 Å². The highest BCUT2D eigenvalue weighted by Gasteiger charge is 2.28. The third kappa shape index (κ3) is 4.69. The van der Waals surface area contributed by atoms with Crippen molar-refractivity contribution in [2.75, 3.05) is 32.5 Å². The van der Waals surface area contributed by atoms with Crippen LogP contribution in [0.3, 0.4) is 0 Å². The van der Waals surface area contributed by atoms with Gasteiger partial charge in [0.05, 0.1) is 7.11 Å². The lowest BCUT2D eigenvalue weighted by Gasteiger charge is -2.39. The Morgan fingerprint density at radius 3 is 2.92 bits per heavy atom. The normalized spacial score (nSPS) is 17.7. The minimum atomic E-state index is -0.381. The smallest absolute Gasteiger partial charge is 0.341 e. The summed E-state index contributed by atoms with van der Waals surface area (Å²) in [6.07, 6.45) is 0. The summed E-state index contributed by atoms with van der Waals surface area (Å²) in [5.41, 5.74) is 0.461. The van der Waals surface area contributed by atoms with E-state index in [1.807, 2.05) is 11.8 Å². The predicted molar refractivity (Wildman–Crippen MR) is 97.7 cm³/mol. The van der Waals surface area contributed by atoms with Crippen LogP contribution < -0.4 is 5.32 Å². The Morgan fingerprint density at radius 2 is 2.29 bits per heavy atom. The van der Waals surface area contributed by atoms with Gasteiger partial charge in [0.25, 0.3) is 0 Å². The number of hydrogen-bond acceptors (Lipinski definition) is 5. The maximum absolute atomic E-state index is 11.7. The average Bonchev–Trinajstić information content (AvgIpc) is 2.90. The van der Waals surface area contributed by atoms with Crippen molar-refractivity contribution < 1.29 is 13.9 Å². The van der Waals surface area contributed by atoms with Gasteiger partial charge in [0, 0.05) is 30.1 Å². The first-order valence-electron chi connectivity index (χ1n) is 8.21. The first-order chi connectivity index (χ1) is 11.4. The molecule has 1 aliphatic heterocycles. The average molecular weight is 353 g/mol. The molecule has 0 bridgehead atoms. The second-order valence-electron chi connectivity index (χ2n) is 6.37. The fourth-order valence-electron chi connectivity index (χ4n) is 2.71. The number of furan rings is 1. The Labute approximate surface area is 148 Å². The van der Waals surface area contributed by atoms with Gasteiger partial charge in [-0.1, -0.05) is 0 Å². The molecule has 0 radical (unpaired) electrons. The zero-order chi connectivity index (χ0) is 17.7. The van der Waals surface area contributed by atoms with Crippen LogP contribution in [0.2, 0.25) is 0 Å². The second-order valence-corrected chi connectivity index (χ2v) is 8.18. The van der Waals surface area contributed by atoms with Gasteiger partial charge < -0.3 is 19.4 Å². The van der Waals surface area contributed by atoms with Crippen molar-refractivity contribution in [1.29, 1.82) is 0 Å². The number of guanidine groups is 1. The summed E-state index contributed by atoms with van der Waals surface area (Å²) in [6, 6.07) is 1.71. The molecule has 6 nitrogen and oxygen atoms in total. The van der Waals surface area contributed by atoms with Crippen LogP contribution in [0.25, 0.3) is 0 Å². The molecular formula is C17H27N3O3S. The maximum Gasteiger partial charge on any atom is 0.341 e. The fraction of sp³-hybridized carbons (Fsp3) is 0.647. The summed E-state index contributed by atoms with van der Waals surface area (Å²) in [4.78, 5) is 18.6. The highest BCUT2D eigenvalue weighted by atomic mass is 32.2. The summed E-state index contributed by atoms with van der Waals surface area (Å²) >= 11 is 1.99. The van der Waals surface area contributed by atoms with Crippen molar-refractivity contribution in [3.05, 3.63) is 23.2 Å². The summed E-state index contributed by atoms with van der Waals surface area (Å²) < 4.78 is 10.6. The molecule has 134 valence electrons. The number of aliphatic imine (C=N–C) groups is 1. The monoisotopic (exact) mass is 353 g/mol. The minimum absolute atomic E-state index is 0.216. The van der Waals surface area contributed by atoms with Crippen molar-refractivity contribution in [2.45, 2.75) is 39.0 Å². The van der Waals surface area contributed by atoms with E-state index in [0.717, 1.165) is 31.3 Å². The Morgan fingerprint density at radius 1 is 1.54 bits per heavy atom. The van der Waals surface area contributed by atoms with Gasteiger partial charge in [-0.15, -0.1) is 0 Å². The van der Waals surface area contributed by atoms with Crippen molar-refractivity contribution in [1.82, 2.24) is 10.2 Å². The van der Waals surface area contributed by atoms with Crippen LogP contribution in [0.15, 0.2) is 15.5 Å². The van der Waals surface area contributed by atoms with Crippen LogP contribution in [0, 0.1) is 6.92 Å². The molecule has 1 aromatic rings. The van der Waals surface area contributed by atoms with Gasteiger partial charge in [0.1, 0.15) is 23.6 Å². The molecule has 1 N–H and O–H groups in total. The van der Waals surface area contributed by atoms with E-state index in [4.69, 9.17) is 9.15 Å². The lowest BCUT2D eigenvalue weighted by Crippen LogP contribution is -2.50. The largest absolute Gasteiger partial charge is 0.465 e. The van der Waals surface area contributed by atoms with Gasteiger partial charge in [0.2, 0.25) is 0 Å². The van der Waals surface area contributed by atoms with Crippen LogP contribution in [0.4, 0.5) is 0 Å². The number of nitrogens with zero attached hydrogens (tertiary/aromatic N) is 2. The number of aryl methyl sites for hydroxylation is 1. The number of nitrogens with one attached hydrogen (secondary N) is 1. The molecule has 1 saturated heterocycles. The van der Waals surface area contributed by atoms with Crippen molar-refractivity contribution in [3.63, 3.8) is 0 Å². The van der Waals surface area contributed by atoms with E-state index < -0.39 is 0 Å². The lowest BCUT2D eigenvalue weighted by molar-refractivity contribution is 0.0599. The number of rotatable bonds is 4. The topological polar surface area (TPSA) is 67.1 Å². The molecule has 7 heteroatoms. The highest BCUT2D eigenvalue weighted by Crippen LogP contribution is 2.29. The highest BCUT2D eigenvalue weighted by molar-refractivity contribution is 8.00. The van der Waals surface area contributed by atoms with Crippen LogP contribution in [0.5, 0.6) is 0 Å². The van der Waals surface area contributed by atoms with E-state index in [9.17, 15) is 4.79 Å². The Bertz CT molecular complexity index is 610. The van der Waals surface area contributed by atoms with Crippen LogP contribution in [-0.4, -0.2) is 54.1 Å². The molecule has 2 rings (SSSR count). The van der Waals surface area contributed by atoms with Gasteiger partial charge in [-0.25, -0.2) is 9.79 Å². The van der Waals surface area contributed by atoms with Gasteiger partial charge >= 0.3 is 5.97 Å². The molecule has 0 unspecified atom stereocenters. The third-order valence-electron chi connectivity index (χ3n) is 3.82. The molecule has 0 saturated carbocycles. The van der Waals surface area contributed by atoms with Gasteiger partial charge in [-0.05, 0) is 33.8 Å². The number of esters is 1. The first-order valence-corrected chi connectivity index (χ1v) is 9.19. The fourth-order valence-corrected chi connectivity index (χ4v) is 3.82. The zero-order valence-electron chi connectivity index (χ0n) is 15.1. The molecule has 0 aliphatic carbocycles. The Kier molecular flexibility index (Phi) is 6.21. The molecule has 24 heavy (non-hydrogen) atoms. The van der Waals surface area contributed by atoms with E-state index in [0.29, 0.717) is 23.6 Å². The van der Waals surface area contributed by atoms with Crippen LogP contribution >= 0.6 is 11.8 Å². The van der Waals surface area contributed by atoms with E-state index in [1.54, 1.807) is 13.0 Å². The van der Waals surface area contributed by atoms with Crippen LogP contribution in [-0.2, 0) is 11.3 Å². The molecule has 1 aliphatic rings. The summed E-state index contributed by atoms with van der Waals surface area (Å²) in [5.74, 6) is 2.82. The molecule has 0 atom stereocenters. The third-order valence-corrected chi connectivity index (χ3v) is 5.12. The predicted octanol–water partition coefficient (Wildman–Crippen LogP) is 2.67. The molecule has 1 fully saturated rings. The number of carbonyl (C=O) groups excluding carboxylic acids is 1. The quantitative estimate of drug-likeness (QED) is 0.510. The minimum Gasteiger partial charge on any atom is -0.465 e. The summed E-state index contributed by atoms with van der Waals surface area (Å²) in [7, 11) is 1.37. The first kappa shape index (κ1) is 18.7. The van der Waals surface area contributed by atoms with Gasteiger partial charge in [-0.2, -0.15) is 11.8 Å². The van der Waals surface area contributed by atoms with E-state index in [1.165, 1.54) is 7.11 Å². The van der Waals surface area contributed by atoms with Crippen molar-refractivity contribution in [3.8, 4) is 0 Å². The number of methoxy groups -OCH3 is 1. The zero-order valence-corrected chi connectivity index (χ0v) is 16.0. The standard InChI is InChI=1S/C17H27N3O3S/c1-6-18-16(20-7-8-24-17(3,4)11-20)19-10-13-9-14(12(2)23-13)15(21)22-5/h9H,6-8,10-11H2,1-5H3,(H,18,19). The summed E-state index contributed by atoms with van der Waals surface area (Å²) in [6.45, 7) is 11.5. The number of ether oxygens (including phenoxy) is 1. The second kappa shape index (κ2) is 7.96. The Balaban J connectivity index is 2.12. The van der Waals surface area contributed by atoms with E-state index in [-0.39, 0.29) is 10.7 Å². The lowest BCUT2D eigenvalue weighted by atomic mass is 10.2. The molecule has 0 spiro atoms. The summed E-state index contributed by atoms with van der Waals surface area (Å²) in [5, 5.41) is 3.35. The van der Waals surface area contributed by atoms with E-state index in [2.05, 4.69) is 36.0 Å². The maximum atomic E-state index is 11.7. The molecule has 2 heterocycles. The molecule has 0 aromatic carbocycles. The molecule has 0 amide bonds. The van der Waals surface area contributed by atoms with E-state index >= 15 is 0 Å². The van der Waals surface area contributed by atoms with Gasteiger partial charge in [0.15, 0.2) is 5.96 Å². The molecular weight excluding hydrogens is 326 g/mol. The number of carbonyl (C=O) groups is 1. The van der Waals surface area contributed by atoms with Crippen molar-refractivity contribution in [2.24, 2.45) is 4.99 Å². The SMILES string of the molecule is CCNC(=NCc1cc(C(=O)OC)c(C)o1)N1CCSC(C)(C)C1. The number of thioether (sulfide) groups is 1. The number of hydrogen-bond donors (Lipinski definition) is 1.